The van der Waals surface area contributed by atoms with E-state index in [2.05, 4.69) is 6.58 Å². The zero-order valence-electron chi connectivity index (χ0n) is 9.49. The fourth-order valence-corrected chi connectivity index (χ4v) is 0.503. The van der Waals surface area contributed by atoms with Crippen molar-refractivity contribution in [3.05, 3.63) is 24.3 Å². The molecule has 3 N–H and O–H groups in total. The molecule has 4 heteroatoms. The second kappa shape index (κ2) is 8.99. The van der Waals surface area contributed by atoms with Crippen LogP contribution in [0.15, 0.2) is 24.3 Å². The van der Waals surface area contributed by atoms with Crippen LogP contribution in [-0.4, -0.2) is 17.0 Å². The number of carbonyl (C=O) groups excluding carboxylic acids is 1. The molecule has 0 aliphatic rings. The number of allylic oxidation sites excluding steroid dienone is 1. The molecule has 0 aliphatic carbocycles. The summed E-state index contributed by atoms with van der Waals surface area (Å²) in [5, 5.41) is 7.96. The molecule has 15 heavy (non-hydrogen) atoms. The first kappa shape index (κ1) is 15.9. The van der Waals surface area contributed by atoms with E-state index in [0.717, 1.165) is 12.5 Å². The van der Waals surface area contributed by atoms with Crippen LogP contribution in [0.4, 0.5) is 0 Å². The Balaban J connectivity index is 0. The lowest BCUT2D eigenvalue weighted by Crippen LogP contribution is -2.16. The quantitative estimate of drug-likeness (QED) is 0.698. The summed E-state index contributed by atoms with van der Waals surface area (Å²) < 4.78 is 0. The van der Waals surface area contributed by atoms with E-state index in [1.165, 1.54) is 0 Å². The average Bonchev–Trinajstić information content (AvgIpc) is 2.14. The van der Waals surface area contributed by atoms with Crippen molar-refractivity contribution in [2.75, 3.05) is 0 Å². The fraction of sp³-hybridized carbons (Fsp3) is 0.455. The number of carboxylic acids is 1. The van der Waals surface area contributed by atoms with Gasteiger partial charge < -0.3 is 10.8 Å². The van der Waals surface area contributed by atoms with Crippen LogP contribution >= 0.6 is 0 Å². The molecule has 4 nitrogen and oxygen atoms in total. The Bertz CT molecular complexity index is 255. The van der Waals surface area contributed by atoms with Gasteiger partial charge in [0.1, 0.15) is 0 Å². The molecule has 0 fully saturated rings. The molecule has 0 rings (SSSR count). The molecular weight excluding hydrogens is 194 g/mol. The predicted octanol–water partition coefficient (Wildman–Crippen LogP) is 1.72. The van der Waals surface area contributed by atoms with E-state index in [1.54, 1.807) is 6.08 Å². The first-order valence-electron chi connectivity index (χ1n) is 4.70. The van der Waals surface area contributed by atoms with E-state index in [-0.39, 0.29) is 5.92 Å². The van der Waals surface area contributed by atoms with Gasteiger partial charge in [-0.3, -0.25) is 4.79 Å². The largest absolute Gasteiger partial charge is 0.478 e. The highest BCUT2D eigenvalue weighted by atomic mass is 16.4. The van der Waals surface area contributed by atoms with Crippen molar-refractivity contribution in [3.8, 4) is 0 Å². The Morgan fingerprint density at radius 3 is 2.00 bits per heavy atom. The molecule has 86 valence electrons. The smallest absolute Gasteiger partial charge is 0.327 e. The van der Waals surface area contributed by atoms with Crippen LogP contribution in [0, 0.1) is 5.92 Å². The summed E-state index contributed by atoms with van der Waals surface area (Å²) in [6.45, 7) is 9.13. The van der Waals surface area contributed by atoms with Gasteiger partial charge in [0.2, 0.25) is 5.91 Å². The number of primary amides is 1. The van der Waals surface area contributed by atoms with Crippen LogP contribution in [0.2, 0.25) is 0 Å². The zero-order valence-corrected chi connectivity index (χ0v) is 9.49. The minimum Gasteiger partial charge on any atom is -0.478 e. The van der Waals surface area contributed by atoms with Gasteiger partial charge in [-0.25, -0.2) is 4.79 Å². The SMILES string of the molecule is C=C(C(N)=O)C(C)C.CCC=CC(=O)O. The van der Waals surface area contributed by atoms with Crippen molar-refractivity contribution in [1.29, 1.82) is 0 Å². The van der Waals surface area contributed by atoms with E-state index in [0.29, 0.717) is 5.57 Å². The molecule has 0 saturated heterocycles. The van der Waals surface area contributed by atoms with Crippen LogP contribution in [0.1, 0.15) is 27.2 Å². The maximum absolute atomic E-state index is 10.3. The van der Waals surface area contributed by atoms with E-state index < -0.39 is 11.9 Å². The molecule has 0 radical (unpaired) electrons. The summed E-state index contributed by atoms with van der Waals surface area (Å²) in [7, 11) is 0. The van der Waals surface area contributed by atoms with Crippen molar-refractivity contribution in [2.24, 2.45) is 11.7 Å². The minimum absolute atomic E-state index is 0.174. The third kappa shape index (κ3) is 12.4. The highest BCUT2D eigenvalue weighted by Crippen LogP contribution is 2.03. The zero-order chi connectivity index (χ0) is 12.4. The van der Waals surface area contributed by atoms with Crippen LogP contribution in [-0.2, 0) is 9.59 Å². The highest BCUT2D eigenvalue weighted by molar-refractivity contribution is 5.91. The third-order valence-corrected chi connectivity index (χ3v) is 1.51. The van der Waals surface area contributed by atoms with Crippen molar-refractivity contribution in [3.63, 3.8) is 0 Å². The number of hydrogen-bond donors (Lipinski definition) is 2. The summed E-state index contributed by atoms with van der Waals surface area (Å²) >= 11 is 0. The van der Waals surface area contributed by atoms with Crippen molar-refractivity contribution in [2.45, 2.75) is 27.2 Å². The Kier molecular flexibility index (Phi) is 9.52. The standard InChI is InChI=1S/C6H11NO.C5H8O2/c1-4(2)5(3)6(7)8;1-2-3-4-5(6)7/h4H,3H2,1-2H3,(H2,7,8);3-4H,2H2,1H3,(H,6,7). The molecule has 0 aromatic rings. The lowest BCUT2D eigenvalue weighted by atomic mass is 10.1. The second-order valence-electron chi connectivity index (χ2n) is 3.19. The predicted molar refractivity (Wildman–Crippen MR) is 60.2 cm³/mol. The molecule has 0 heterocycles. The van der Waals surface area contributed by atoms with Crippen molar-refractivity contribution in [1.82, 2.24) is 0 Å². The van der Waals surface area contributed by atoms with Crippen molar-refractivity contribution >= 4 is 11.9 Å². The first-order chi connectivity index (χ1) is 6.82. The normalized spacial score (nSPS) is 9.60. The topological polar surface area (TPSA) is 80.4 Å². The van der Waals surface area contributed by atoms with Crippen LogP contribution in [0.5, 0.6) is 0 Å². The summed E-state index contributed by atoms with van der Waals surface area (Å²) in [5.74, 6) is -1.10. The average molecular weight is 213 g/mol. The molecule has 0 aromatic heterocycles. The van der Waals surface area contributed by atoms with Gasteiger partial charge in [0.05, 0.1) is 0 Å². The summed E-state index contributed by atoms with van der Waals surface area (Å²) in [4.78, 5) is 19.9. The van der Waals surface area contributed by atoms with E-state index in [9.17, 15) is 9.59 Å². The maximum Gasteiger partial charge on any atom is 0.327 e. The number of hydrogen-bond acceptors (Lipinski definition) is 2. The maximum atomic E-state index is 10.3. The van der Waals surface area contributed by atoms with Crippen LogP contribution in [0.3, 0.4) is 0 Å². The number of amides is 1. The van der Waals surface area contributed by atoms with Crippen LogP contribution in [0.25, 0.3) is 0 Å². The van der Waals surface area contributed by atoms with Gasteiger partial charge in [0.25, 0.3) is 0 Å². The van der Waals surface area contributed by atoms with Gasteiger partial charge in [0, 0.05) is 11.6 Å². The summed E-state index contributed by atoms with van der Waals surface area (Å²) in [6, 6.07) is 0. The lowest BCUT2D eigenvalue weighted by molar-refractivity contribution is -0.131. The van der Waals surface area contributed by atoms with E-state index in [4.69, 9.17) is 10.8 Å². The summed E-state index contributed by atoms with van der Waals surface area (Å²) in [5.41, 5.74) is 5.39. The molecule has 0 unspecified atom stereocenters. The number of carbonyl (C=O) groups is 2. The van der Waals surface area contributed by atoms with Gasteiger partial charge in [-0.1, -0.05) is 33.4 Å². The Labute approximate surface area is 90.5 Å². The monoisotopic (exact) mass is 213 g/mol. The van der Waals surface area contributed by atoms with Crippen molar-refractivity contribution < 1.29 is 14.7 Å². The highest BCUT2D eigenvalue weighted by Gasteiger charge is 2.03. The molecule has 0 aromatic carbocycles. The molecule has 0 bridgehead atoms. The second-order valence-corrected chi connectivity index (χ2v) is 3.19. The molecule has 1 amide bonds. The Morgan fingerprint density at radius 2 is 1.93 bits per heavy atom. The van der Waals surface area contributed by atoms with E-state index in [1.807, 2.05) is 20.8 Å². The Morgan fingerprint density at radius 1 is 1.47 bits per heavy atom. The number of rotatable bonds is 4. The first-order valence-corrected chi connectivity index (χ1v) is 4.70. The van der Waals surface area contributed by atoms with Gasteiger partial charge in [-0.15, -0.1) is 0 Å². The third-order valence-electron chi connectivity index (χ3n) is 1.51. The van der Waals surface area contributed by atoms with Gasteiger partial charge in [-0.05, 0) is 12.3 Å². The molecule has 0 saturated carbocycles. The lowest BCUT2D eigenvalue weighted by Gasteiger charge is -2.01. The van der Waals surface area contributed by atoms with Gasteiger partial charge in [-0.2, -0.15) is 0 Å². The van der Waals surface area contributed by atoms with E-state index >= 15 is 0 Å². The summed E-state index contributed by atoms with van der Waals surface area (Å²) in [6.07, 6.45) is 3.52. The molecule has 0 aliphatic heterocycles. The minimum atomic E-state index is -0.873. The van der Waals surface area contributed by atoms with Gasteiger partial charge >= 0.3 is 5.97 Å². The fourth-order valence-electron chi connectivity index (χ4n) is 0.503. The van der Waals surface area contributed by atoms with Gasteiger partial charge in [0.15, 0.2) is 0 Å². The molecule has 0 spiro atoms. The number of nitrogens with two attached hydrogens (primary N) is 1. The number of aliphatic carboxylic acids is 1. The molecular formula is C11H19NO3. The number of carboxylic acid groups (broad SMARTS) is 1. The molecule has 0 atom stereocenters. The Hall–Kier alpha value is -1.58. The van der Waals surface area contributed by atoms with Crippen LogP contribution < -0.4 is 5.73 Å².